The van der Waals surface area contributed by atoms with E-state index < -0.39 is 17.4 Å². The number of fused-ring (bicyclic) bond motifs is 1. The van der Waals surface area contributed by atoms with E-state index in [0.29, 0.717) is 17.5 Å². The monoisotopic (exact) mass is 572 g/mol. The molecule has 2 aromatic rings. The Morgan fingerprint density at radius 2 is 1.59 bits per heavy atom. The van der Waals surface area contributed by atoms with E-state index in [2.05, 4.69) is 13.8 Å². The number of hydrogen-bond donors (Lipinski definition) is 0. The lowest BCUT2D eigenvalue weighted by molar-refractivity contribution is -0.136. The number of hydrogen-bond acceptors (Lipinski definition) is 6. The molecule has 220 valence electrons. The molecule has 0 aliphatic rings. The van der Waals surface area contributed by atoms with Gasteiger partial charge in [-0.25, -0.2) is 4.79 Å². The average Bonchev–Trinajstić information content (AvgIpc) is 2.86. The fourth-order valence-electron chi connectivity index (χ4n) is 4.29. The number of benzene rings is 1. The molecule has 39 heavy (non-hydrogen) atoms. The zero-order valence-electron chi connectivity index (χ0n) is 23.9. The zero-order chi connectivity index (χ0) is 29.1. The number of carbonyl (C=O) groups is 1. The molecule has 0 aliphatic heterocycles. The van der Waals surface area contributed by atoms with Gasteiger partial charge in [-0.2, -0.15) is 13.2 Å². The summed E-state index contributed by atoms with van der Waals surface area (Å²) in [6.07, 6.45) is 5.35. The lowest BCUT2D eigenvalue weighted by atomic mass is 9.87. The largest absolute Gasteiger partial charge is 0.493 e. The van der Waals surface area contributed by atoms with Crippen LogP contribution >= 0.6 is 11.8 Å². The third-order valence-electron chi connectivity index (χ3n) is 6.77. The van der Waals surface area contributed by atoms with Gasteiger partial charge in [-0.05, 0) is 37.3 Å². The van der Waals surface area contributed by atoms with Gasteiger partial charge in [0, 0.05) is 11.2 Å². The van der Waals surface area contributed by atoms with Crippen LogP contribution in [0.5, 0.6) is 11.5 Å². The molecule has 0 saturated heterocycles. The predicted octanol–water partition coefficient (Wildman–Crippen LogP) is 9.04. The lowest BCUT2D eigenvalue weighted by Crippen LogP contribution is -2.22. The van der Waals surface area contributed by atoms with Crippen molar-refractivity contribution >= 4 is 27.8 Å². The lowest BCUT2D eigenvalue weighted by Gasteiger charge is -2.23. The number of alkyl halides is 3. The van der Waals surface area contributed by atoms with Crippen molar-refractivity contribution in [2.75, 3.05) is 19.5 Å². The summed E-state index contributed by atoms with van der Waals surface area (Å²) in [5.74, 6) is 1.37. The number of thioether (sulfide) groups is 1. The van der Waals surface area contributed by atoms with Crippen LogP contribution in [0.15, 0.2) is 27.4 Å². The van der Waals surface area contributed by atoms with Gasteiger partial charge in [-0.15, -0.1) is 0 Å². The molecule has 1 aromatic heterocycles. The minimum Gasteiger partial charge on any atom is -0.493 e. The van der Waals surface area contributed by atoms with Crippen LogP contribution in [0.3, 0.4) is 0 Å². The van der Waals surface area contributed by atoms with Crippen molar-refractivity contribution < 1.29 is 31.9 Å². The summed E-state index contributed by atoms with van der Waals surface area (Å²) in [5.41, 5.74) is -2.26. The van der Waals surface area contributed by atoms with Crippen molar-refractivity contribution in [2.24, 2.45) is 11.3 Å². The minimum absolute atomic E-state index is 0.0382. The van der Waals surface area contributed by atoms with Crippen molar-refractivity contribution in [3.63, 3.8) is 0 Å². The summed E-state index contributed by atoms with van der Waals surface area (Å²) < 4.78 is 56.5. The molecule has 5 nitrogen and oxygen atoms in total. The van der Waals surface area contributed by atoms with Crippen LogP contribution in [-0.4, -0.2) is 24.6 Å². The second kappa shape index (κ2) is 15.6. The molecule has 1 aromatic carbocycles. The quantitative estimate of drug-likeness (QED) is 0.139. The van der Waals surface area contributed by atoms with Crippen LogP contribution in [0.4, 0.5) is 13.2 Å². The van der Waals surface area contributed by atoms with E-state index in [1.54, 1.807) is 0 Å². The molecule has 0 unspecified atom stereocenters. The molecule has 0 N–H and O–H groups in total. The van der Waals surface area contributed by atoms with Gasteiger partial charge < -0.3 is 13.9 Å². The molecule has 0 bridgehead atoms. The van der Waals surface area contributed by atoms with E-state index in [9.17, 15) is 22.8 Å². The summed E-state index contributed by atoms with van der Waals surface area (Å²) in [6.45, 7) is 8.66. The zero-order valence-corrected chi connectivity index (χ0v) is 24.7. The Kier molecular flexibility index (Phi) is 13.2. The molecule has 0 radical (unpaired) electrons. The van der Waals surface area contributed by atoms with Gasteiger partial charge in [0.15, 0.2) is 16.4 Å². The van der Waals surface area contributed by atoms with Crippen molar-refractivity contribution in [3.8, 4) is 11.5 Å². The summed E-state index contributed by atoms with van der Waals surface area (Å²) in [7, 11) is 1.30. The molecule has 2 rings (SSSR count). The second-order valence-electron chi connectivity index (χ2n) is 11.1. The maximum Gasteiger partial charge on any atom is 0.417 e. The first kappa shape index (κ1) is 33.0. The topological polar surface area (TPSA) is 65.7 Å². The van der Waals surface area contributed by atoms with E-state index in [-0.39, 0.29) is 34.5 Å². The highest BCUT2D eigenvalue weighted by atomic mass is 32.2. The Morgan fingerprint density at radius 1 is 0.974 bits per heavy atom. The smallest absolute Gasteiger partial charge is 0.417 e. The van der Waals surface area contributed by atoms with Crippen molar-refractivity contribution in [1.82, 2.24) is 0 Å². The number of ether oxygens (including phenoxy) is 2. The third-order valence-corrected chi connectivity index (χ3v) is 8.08. The Labute approximate surface area is 234 Å². The molecule has 0 atom stereocenters. The molecule has 9 heteroatoms. The maximum atomic E-state index is 13.6. The average molecular weight is 573 g/mol. The molecule has 0 spiro atoms. The van der Waals surface area contributed by atoms with Crippen molar-refractivity contribution in [1.29, 1.82) is 0 Å². The van der Waals surface area contributed by atoms with Gasteiger partial charge in [-0.3, -0.25) is 4.79 Å². The number of unbranched alkanes of at least 4 members (excludes halogenated alkanes) is 7. The Morgan fingerprint density at radius 3 is 2.18 bits per heavy atom. The van der Waals surface area contributed by atoms with E-state index in [1.165, 1.54) is 18.9 Å². The highest BCUT2D eigenvalue weighted by Gasteiger charge is 2.35. The maximum absolute atomic E-state index is 13.6. The van der Waals surface area contributed by atoms with E-state index in [4.69, 9.17) is 13.9 Å². The molecule has 0 saturated carbocycles. The van der Waals surface area contributed by atoms with Gasteiger partial charge in [-0.1, -0.05) is 84.4 Å². The fraction of sp³-hybridized carbons (Fsp3) is 0.667. The molecule has 0 aliphatic carbocycles. The Bertz CT molecular complexity index is 1110. The molecule has 0 amide bonds. The fourth-order valence-corrected chi connectivity index (χ4v) is 5.31. The summed E-state index contributed by atoms with van der Waals surface area (Å²) in [4.78, 5) is 24.4. The first-order valence-corrected chi connectivity index (χ1v) is 14.9. The second-order valence-corrected chi connectivity index (χ2v) is 12.1. The van der Waals surface area contributed by atoms with E-state index in [0.717, 1.165) is 81.7 Å². The Balaban J connectivity index is 1.68. The van der Waals surface area contributed by atoms with Gasteiger partial charge in [0.25, 0.3) is 0 Å². The number of methoxy groups -OCH3 is 1. The molecule has 0 fully saturated rings. The highest BCUT2D eigenvalue weighted by molar-refractivity contribution is 8.13. The van der Waals surface area contributed by atoms with Crippen molar-refractivity contribution in [3.05, 3.63) is 34.2 Å². The van der Waals surface area contributed by atoms with Crippen LogP contribution in [-0.2, 0) is 11.0 Å². The number of rotatable bonds is 17. The van der Waals surface area contributed by atoms with Gasteiger partial charge in [0.1, 0.15) is 5.75 Å². The summed E-state index contributed by atoms with van der Waals surface area (Å²) in [5, 5.41) is -0.0102. The van der Waals surface area contributed by atoms with Gasteiger partial charge in [0.05, 0.1) is 30.7 Å². The predicted molar refractivity (Wildman–Crippen MR) is 152 cm³/mol. The normalized spacial score (nSPS) is 12.3. The molecular formula is C30H43F3O5S. The Hall–Kier alpha value is -2.16. The first-order valence-electron chi connectivity index (χ1n) is 13.9. The number of halogens is 3. The SMILES string of the molecule is COc1ccc(C(F)(F)F)c2c(OCCCCCCCCCCSC(=O)C(C)(C)CCC(C)C)cc(=O)oc12. The van der Waals surface area contributed by atoms with Gasteiger partial charge >= 0.3 is 11.8 Å². The van der Waals surface area contributed by atoms with E-state index >= 15 is 0 Å². The minimum atomic E-state index is -4.64. The van der Waals surface area contributed by atoms with Gasteiger partial charge in [0.2, 0.25) is 0 Å². The first-order chi connectivity index (χ1) is 18.4. The van der Waals surface area contributed by atoms with Crippen LogP contribution in [0, 0.1) is 11.3 Å². The van der Waals surface area contributed by atoms with Crippen LogP contribution in [0.1, 0.15) is 97.5 Å². The number of carbonyl (C=O) groups excluding carboxylic acids is 1. The standard InChI is InChI=1S/C30H43F3O5S/c1-21(2)16-17-29(3,4)28(35)39-19-13-11-9-7-6-8-10-12-18-37-24-20-25(34)38-27-23(36-5)15-14-22(26(24)27)30(31,32)33/h14-15,20-21H,6-13,16-19H2,1-5H3. The van der Waals surface area contributed by atoms with Crippen molar-refractivity contribution in [2.45, 2.75) is 98.1 Å². The third kappa shape index (κ3) is 10.7. The summed E-state index contributed by atoms with van der Waals surface area (Å²) in [6, 6.07) is 2.99. The van der Waals surface area contributed by atoms with Crippen LogP contribution < -0.4 is 15.1 Å². The van der Waals surface area contributed by atoms with E-state index in [1.807, 2.05) is 13.8 Å². The highest BCUT2D eigenvalue weighted by Crippen LogP contribution is 2.41. The summed E-state index contributed by atoms with van der Waals surface area (Å²) >= 11 is 1.47. The van der Waals surface area contributed by atoms with Crippen LogP contribution in [0.2, 0.25) is 0 Å². The molecule has 1 heterocycles. The van der Waals surface area contributed by atoms with Crippen LogP contribution in [0.25, 0.3) is 11.0 Å². The molecular weight excluding hydrogens is 529 g/mol.